The molecule has 0 bridgehead atoms. The van der Waals surface area contributed by atoms with Gasteiger partial charge in [-0.25, -0.2) is 0 Å². The normalized spacial score (nSPS) is 13.2. The van der Waals surface area contributed by atoms with Gasteiger partial charge < -0.3 is 24.3 Å². The highest BCUT2D eigenvalue weighted by molar-refractivity contribution is 5.86. The summed E-state index contributed by atoms with van der Waals surface area (Å²) in [5.74, 6) is 3.13. The number of hydrogen-bond acceptors (Lipinski definition) is 5. The number of hydrogen-bond donors (Lipinski definition) is 1. The Labute approximate surface area is 197 Å². The second kappa shape index (κ2) is 13.2. The summed E-state index contributed by atoms with van der Waals surface area (Å²) in [6, 6.07) is 10.2. The van der Waals surface area contributed by atoms with E-state index in [1.165, 1.54) is 5.56 Å². The Morgan fingerprint density at radius 3 is 1.90 bits per heavy atom. The Kier molecular flexibility index (Phi) is 11.4. The maximum Gasteiger partial charge on any atom is 0.161 e. The van der Waals surface area contributed by atoms with E-state index in [0.717, 1.165) is 52.8 Å². The van der Waals surface area contributed by atoms with Crippen LogP contribution in [0.15, 0.2) is 30.3 Å². The summed E-state index contributed by atoms with van der Waals surface area (Å²) < 4.78 is 23.1. The summed E-state index contributed by atoms with van der Waals surface area (Å²) in [5.41, 5.74) is 4.54. The number of nitrogens with one attached hydrogen (secondary N) is 1. The maximum atomic E-state index is 5.83. The van der Waals surface area contributed by atoms with Crippen LogP contribution in [0.1, 0.15) is 44.4 Å². The quantitative estimate of drug-likeness (QED) is 0.504. The lowest BCUT2D eigenvalue weighted by Gasteiger charge is -2.24. The van der Waals surface area contributed by atoms with Crippen LogP contribution in [0.5, 0.6) is 23.0 Å². The zero-order chi connectivity index (χ0) is 20.6. The van der Waals surface area contributed by atoms with Gasteiger partial charge in [0.15, 0.2) is 23.0 Å². The molecule has 1 heterocycles. The lowest BCUT2D eigenvalue weighted by Crippen LogP contribution is -2.22. The summed E-state index contributed by atoms with van der Waals surface area (Å²) in [4.78, 5) is 0. The standard InChI is InChI=1S/C24H31NO4.2ClH/c1-5-26-21-10-9-17(14-22(21)27-6-2)13-20-19-16-24(29-8-4)23(28-7-3)15-18(19)11-12-25-20;;/h9-10,13-16,25H,5-8,11-12H2,1-4H3;2*1H. The van der Waals surface area contributed by atoms with Crippen LogP contribution in [0, 0.1) is 0 Å². The molecule has 1 aliphatic rings. The molecule has 172 valence electrons. The van der Waals surface area contributed by atoms with Crippen LogP contribution in [-0.4, -0.2) is 33.0 Å². The Morgan fingerprint density at radius 1 is 0.742 bits per heavy atom. The zero-order valence-corrected chi connectivity index (χ0v) is 20.3. The minimum Gasteiger partial charge on any atom is -0.490 e. The molecule has 0 unspecified atom stereocenters. The average molecular weight is 470 g/mol. The van der Waals surface area contributed by atoms with Crippen LogP contribution < -0.4 is 24.3 Å². The van der Waals surface area contributed by atoms with Crippen molar-refractivity contribution in [2.45, 2.75) is 34.1 Å². The summed E-state index contributed by atoms with van der Waals surface area (Å²) in [5, 5.41) is 3.53. The molecule has 0 radical (unpaired) electrons. The van der Waals surface area contributed by atoms with E-state index in [2.05, 4.69) is 29.6 Å². The molecule has 0 spiro atoms. The average Bonchev–Trinajstić information content (AvgIpc) is 2.71. The third-order valence-electron chi connectivity index (χ3n) is 4.65. The first-order valence-corrected chi connectivity index (χ1v) is 10.5. The summed E-state index contributed by atoms with van der Waals surface area (Å²) in [6.07, 6.45) is 3.10. The molecular weight excluding hydrogens is 437 g/mol. The highest BCUT2D eigenvalue weighted by Crippen LogP contribution is 2.36. The summed E-state index contributed by atoms with van der Waals surface area (Å²) >= 11 is 0. The highest BCUT2D eigenvalue weighted by Gasteiger charge is 2.19. The number of ether oxygens (including phenoxy) is 4. The largest absolute Gasteiger partial charge is 0.490 e. The van der Waals surface area contributed by atoms with Crippen molar-refractivity contribution in [3.05, 3.63) is 47.0 Å². The second-order valence-electron chi connectivity index (χ2n) is 6.63. The monoisotopic (exact) mass is 469 g/mol. The third kappa shape index (κ3) is 6.62. The molecule has 0 aliphatic carbocycles. The van der Waals surface area contributed by atoms with Crippen molar-refractivity contribution in [1.29, 1.82) is 0 Å². The molecule has 7 heteroatoms. The van der Waals surface area contributed by atoms with Gasteiger partial charge in [-0.15, -0.1) is 24.8 Å². The molecule has 3 rings (SSSR count). The van der Waals surface area contributed by atoms with Gasteiger partial charge in [0.1, 0.15) is 0 Å². The van der Waals surface area contributed by atoms with E-state index < -0.39 is 0 Å². The van der Waals surface area contributed by atoms with E-state index in [0.29, 0.717) is 26.4 Å². The molecule has 5 nitrogen and oxygen atoms in total. The van der Waals surface area contributed by atoms with Crippen molar-refractivity contribution >= 4 is 36.6 Å². The lowest BCUT2D eigenvalue weighted by molar-refractivity contribution is 0.287. The van der Waals surface area contributed by atoms with Gasteiger partial charge in [0, 0.05) is 17.8 Å². The van der Waals surface area contributed by atoms with Gasteiger partial charge >= 0.3 is 0 Å². The van der Waals surface area contributed by atoms with Crippen LogP contribution in [0.3, 0.4) is 0 Å². The van der Waals surface area contributed by atoms with Crippen LogP contribution in [0.2, 0.25) is 0 Å². The Hall–Kier alpha value is -2.24. The van der Waals surface area contributed by atoms with Crippen LogP contribution in [0.25, 0.3) is 11.8 Å². The van der Waals surface area contributed by atoms with E-state index in [1.54, 1.807) is 0 Å². The second-order valence-corrected chi connectivity index (χ2v) is 6.63. The topological polar surface area (TPSA) is 49.0 Å². The Bertz CT molecular complexity index is 871. The Morgan fingerprint density at radius 2 is 1.29 bits per heavy atom. The molecule has 0 saturated heterocycles. The number of halogens is 2. The first-order valence-electron chi connectivity index (χ1n) is 10.5. The fourth-order valence-electron chi connectivity index (χ4n) is 3.48. The number of fused-ring (bicyclic) bond motifs is 1. The first-order chi connectivity index (χ1) is 14.2. The van der Waals surface area contributed by atoms with E-state index >= 15 is 0 Å². The molecule has 0 saturated carbocycles. The van der Waals surface area contributed by atoms with E-state index in [-0.39, 0.29) is 24.8 Å². The zero-order valence-electron chi connectivity index (χ0n) is 18.7. The van der Waals surface area contributed by atoms with Gasteiger partial charge in [-0.05, 0) is 75.6 Å². The van der Waals surface area contributed by atoms with Crippen LogP contribution in [0.4, 0.5) is 0 Å². The molecule has 2 aromatic carbocycles. The van der Waals surface area contributed by atoms with Crippen molar-refractivity contribution in [2.24, 2.45) is 0 Å². The van der Waals surface area contributed by atoms with Gasteiger partial charge in [-0.2, -0.15) is 0 Å². The summed E-state index contributed by atoms with van der Waals surface area (Å²) in [7, 11) is 0. The van der Waals surface area contributed by atoms with Gasteiger partial charge in [0.05, 0.1) is 26.4 Å². The van der Waals surface area contributed by atoms with Crippen molar-refractivity contribution in [3.8, 4) is 23.0 Å². The van der Waals surface area contributed by atoms with Crippen molar-refractivity contribution < 1.29 is 18.9 Å². The summed E-state index contributed by atoms with van der Waals surface area (Å²) in [6.45, 7) is 11.2. The van der Waals surface area contributed by atoms with Crippen molar-refractivity contribution in [2.75, 3.05) is 33.0 Å². The predicted molar refractivity (Wildman–Crippen MR) is 132 cm³/mol. The van der Waals surface area contributed by atoms with Gasteiger partial charge in [0.25, 0.3) is 0 Å². The predicted octanol–water partition coefficient (Wildman–Crippen LogP) is 5.77. The SMILES string of the molecule is CCOc1ccc(C=C2NCCc3cc(OCC)c(OCC)cc32)cc1OCC.Cl.Cl. The molecule has 0 atom stereocenters. The van der Waals surface area contributed by atoms with E-state index in [1.807, 2.05) is 39.8 Å². The molecule has 0 amide bonds. The minimum atomic E-state index is 0. The highest BCUT2D eigenvalue weighted by atomic mass is 35.5. The van der Waals surface area contributed by atoms with Crippen molar-refractivity contribution in [1.82, 2.24) is 5.32 Å². The van der Waals surface area contributed by atoms with Crippen LogP contribution in [-0.2, 0) is 6.42 Å². The Balaban J connectivity index is 0.00000240. The van der Waals surface area contributed by atoms with Gasteiger partial charge in [0.2, 0.25) is 0 Å². The minimum absolute atomic E-state index is 0. The number of benzene rings is 2. The molecule has 31 heavy (non-hydrogen) atoms. The molecule has 1 N–H and O–H groups in total. The van der Waals surface area contributed by atoms with E-state index in [9.17, 15) is 0 Å². The number of rotatable bonds is 9. The molecule has 0 fully saturated rings. The van der Waals surface area contributed by atoms with E-state index in [4.69, 9.17) is 18.9 Å². The molecular formula is C24H33Cl2NO4. The van der Waals surface area contributed by atoms with Gasteiger partial charge in [-0.1, -0.05) is 6.07 Å². The third-order valence-corrected chi connectivity index (χ3v) is 4.65. The fraction of sp³-hybridized carbons (Fsp3) is 0.417. The van der Waals surface area contributed by atoms with Crippen molar-refractivity contribution in [3.63, 3.8) is 0 Å². The smallest absolute Gasteiger partial charge is 0.161 e. The maximum absolute atomic E-state index is 5.83. The lowest BCUT2D eigenvalue weighted by atomic mass is 9.96. The molecule has 1 aliphatic heterocycles. The van der Waals surface area contributed by atoms with Crippen LogP contribution >= 0.6 is 24.8 Å². The van der Waals surface area contributed by atoms with Gasteiger partial charge in [-0.3, -0.25) is 0 Å². The fourth-order valence-corrected chi connectivity index (χ4v) is 3.48. The molecule has 0 aromatic heterocycles. The first kappa shape index (κ1) is 26.8. The molecule has 2 aromatic rings.